The van der Waals surface area contributed by atoms with Crippen LogP contribution in [0.1, 0.15) is 5.56 Å². The van der Waals surface area contributed by atoms with Gasteiger partial charge in [-0.2, -0.15) is 0 Å². The van der Waals surface area contributed by atoms with Gasteiger partial charge in [0.2, 0.25) is 0 Å². The van der Waals surface area contributed by atoms with Gasteiger partial charge in [-0.3, -0.25) is 18.9 Å². The molecule has 20 heavy (non-hydrogen) atoms. The second-order valence-electron chi connectivity index (χ2n) is 4.20. The first-order valence-electron chi connectivity index (χ1n) is 5.98. The summed E-state index contributed by atoms with van der Waals surface area (Å²) in [7, 11) is 4.64. The van der Waals surface area contributed by atoms with E-state index in [2.05, 4.69) is 15.3 Å². The van der Waals surface area contributed by atoms with Crippen molar-refractivity contribution in [2.45, 2.75) is 0 Å². The van der Waals surface area contributed by atoms with Gasteiger partial charge in [0, 0.05) is 45.3 Å². The summed E-state index contributed by atoms with van der Waals surface area (Å²) in [4.78, 5) is 32.1. The third-order valence-electron chi connectivity index (χ3n) is 2.90. The summed E-state index contributed by atoms with van der Waals surface area (Å²) in [5, 5.41) is 2.83. The molecule has 2 heterocycles. The predicted molar refractivity (Wildman–Crippen MR) is 78.0 cm³/mol. The molecule has 0 aliphatic heterocycles. The number of anilines is 1. The molecule has 0 atom stereocenters. The number of hydrogen-bond donors (Lipinski definition) is 1. The van der Waals surface area contributed by atoms with Crippen LogP contribution in [0.15, 0.2) is 39.1 Å². The third kappa shape index (κ3) is 2.37. The summed E-state index contributed by atoms with van der Waals surface area (Å²) < 4.78 is 2.37. The van der Waals surface area contributed by atoms with Crippen LogP contribution in [0.5, 0.6) is 0 Å². The molecule has 7 heteroatoms. The van der Waals surface area contributed by atoms with Gasteiger partial charge >= 0.3 is 5.69 Å². The molecule has 0 aromatic carbocycles. The van der Waals surface area contributed by atoms with Gasteiger partial charge in [0.15, 0.2) is 5.69 Å². The second-order valence-corrected chi connectivity index (χ2v) is 4.20. The second kappa shape index (κ2) is 5.52. The zero-order valence-electron chi connectivity index (χ0n) is 11.5. The third-order valence-corrected chi connectivity index (χ3v) is 2.90. The molecule has 0 aliphatic carbocycles. The smallest absolute Gasteiger partial charge is 0.332 e. The molecule has 1 N–H and O–H groups in total. The number of rotatable bonds is 3. The molecule has 7 nitrogen and oxygen atoms in total. The van der Waals surface area contributed by atoms with Gasteiger partial charge in [0.25, 0.3) is 5.56 Å². The number of aliphatic imine (C=N–C) groups is 1. The van der Waals surface area contributed by atoms with Gasteiger partial charge in [0.05, 0.1) is 0 Å². The number of aromatic nitrogens is 3. The summed E-state index contributed by atoms with van der Waals surface area (Å²) in [6, 6.07) is 3.60. The van der Waals surface area contributed by atoms with E-state index in [0.29, 0.717) is 5.82 Å². The minimum atomic E-state index is -0.447. The first kappa shape index (κ1) is 13.7. The van der Waals surface area contributed by atoms with E-state index in [1.54, 1.807) is 32.6 Å². The molecular weight excluding hydrogens is 258 g/mol. The fraction of sp³-hybridized carbons (Fsp3) is 0.231. The quantitative estimate of drug-likeness (QED) is 0.814. The number of nitrogens with zero attached hydrogens (tertiary/aromatic N) is 4. The fourth-order valence-corrected chi connectivity index (χ4v) is 1.82. The van der Waals surface area contributed by atoms with Crippen molar-refractivity contribution in [1.82, 2.24) is 14.1 Å². The van der Waals surface area contributed by atoms with Gasteiger partial charge in [-0.25, -0.2) is 9.79 Å². The molecule has 0 unspecified atom stereocenters. The highest BCUT2D eigenvalue weighted by Gasteiger charge is 2.13. The van der Waals surface area contributed by atoms with Crippen LogP contribution in [0.2, 0.25) is 0 Å². The normalized spacial score (nSPS) is 10.9. The molecule has 0 saturated carbocycles. The van der Waals surface area contributed by atoms with Crippen LogP contribution in [-0.4, -0.2) is 27.4 Å². The fourth-order valence-electron chi connectivity index (χ4n) is 1.82. The lowest BCUT2D eigenvalue weighted by atomic mass is 10.3. The highest BCUT2D eigenvalue weighted by molar-refractivity contribution is 5.82. The molecular formula is C13H15N5O2. The topological polar surface area (TPSA) is 81.3 Å². The minimum absolute atomic E-state index is 0.181. The van der Waals surface area contributed by atoms with Gasteiger partial charge < -0.3 is 5.32 Å². The van der Waals surface area contributed by atoms with E-state index in [1.807, 2.05) is 6.07 Å². The van der Waals surface area contributed by atoms with Crippen molar-refractivity contribution in [3.8, 4) is 0 Å². The number of hydrogen-bond acceptors (Lipinski definition) is 5. The van der Waals surface area contributed by atoms with Crippen LogP contribution in [0.3, 0.4) is 0 Å². The van der Waals surface area contributed by atoms with Crippen molar-refractivity contribution in [3.05, 3.63) is 50.9 Å². The maximum Gasteiger partial charge on any atom is 0.332 e. The Morgan fingerprint density at radius 1 is 1.30 bits per heavy atom. The molecule has 0 saturated heterocycles. The van der Waals surface area contributed by atoms with E-state index in [4.69, 9.17) is 0 Å². The van der Waals surface area contributed by atoms with Crippen molar-refractivity contribution < 1.29 is 0 Å². The lowest BCUT2D eigenvalue weighted by Crippen LogP contribution is -2.37. The van der Waals surface area contributed by atoms with Crippen molar-refractivity contribution in [2.24, 2.45) is 19.1 Å². The van der Waals surface area contributed by atoms with Gasteiger partial charge in [-0.15, -0.1) is 0 Å². The summed E-state index contributed by atoms with van der Waals surface area (Å²) in [6.45, 7) is 0. The van der Waals surface area contributed by atoms with Crippen molar-refractivity contribution >= 4 is 17.7 Å². The van der Waals surface area contributed by atoms with Gasteiger partial charge in [0.1, 0.15) is 5.82 Å². The van der Waals surface area contributed by atoms with Crippen LogP contribution in [0.4, 0.5) is 11.5 Å². The van der Waals surface area contributed by atoms with Gasteiger partial charge in [-0.05, 0) is 6.07 Å². The molecule has 2 aromatic rings. The zero-order chi connectivity index (χ0) is 14.7. The Balaban J connectivity index is 2.60. The molecule has 0 fully saturated rings. The lowest BCUT2D eigenvalue weighted by molar-refractivity contribution is 0.693. The Morgan fingerprint density at radius 3 is 2.65 bits per heavy atom. The predicted octanol–water partition coefficient (Wildman–Crippen LogP) is 0.271. The van der Waals surface area contributed by atoms with Crippen LogP contribution in [-0.2, 0) is 14.1 Å². The summed E-state index contributed by atoms with van der Waals surface area (Å²) in [6.07, 6.45) is 4.83. The summed E-state index contributed by atoms with van der Waals surface area (Å²) in [5.41, 5.74) is 0.101. The Labute approximate surface area is 115 Å². The van der Waals surface area contributed by atoms with Crippen LogP contribution >= 0.6 is 0 Å². The molecule has 104 valence electrons. The highest BCUT2D eigenvalue weighted by Crippen LogP contribution is 2.16. The maximum atomic E-state index is 12.1. The molecule has 2 rings (SSSR count). The number of pyridine rings is 1. The zero-order valence-corrected chi connectivity index (χ0v) is 11.5. The van der Waals surface area contributed by atoms with Crippen molar-refractivity contribution in [3.63, 3.8) is 0 Å². The molecule has 0 amide bonds. The SMILES string of the molecule is CNc1c(N=Cc2cccnc2)c(=O)n(C)c(=O)n1C. The number of nitrogens with one attached hydrogen (secondary N) is 1. The molecule has 0 spiro atoms. The average Bonchev–Trinajstić information content (AvgIpc) is 2.48. The maximum absolute atomic E-state index is 12.1. The van der Waals surface area contributed by atoms with E-state index < -0.39 is 11.2 Å². The Kier molecular flexibility index (Phi) is 3.79. The van der Waals surface area contributed by atoms with Crippen LogP contribution in [0.25, 0.3) is 0 Å². The molecule has 0 aliphatic rings. The molecule has 0 radical (unpaired) electrons. The average molecular weight is 273 g/mol. The van der Waals surface area contributed by atoms with E-state index in [0.717, 1.165) is 10.1 Å². The van der Waals surface area contributed by atoms with Crippen LogP contribution < -0.4 is 16.6 Å². The van der Waals surface area contributed by atoms with Crippen LogP contribution in [0, 0.1) is 0 Å². The lowest BCUT2D eigenvalue weighted by Gasteiger charge is -2.11. The summed E-state index contributed by atoms with van der Waals surface area (Å²) in [5.74, 6) is 0.373. The standard InChI is InChI=1S/C13H15N5O2/c1-14-11-10(12(19)18(3)13(20)17(11)2)16-8-9-5-4-6-15-7-9/h4-8,14H,1-3H3. The minimum Gasteiger partial charge on any atom is -0.372 e. The van der Waals surface area contributed by atoms with E-state index in [-0.39, 0.29) is 5.69 Å². The Morgan fingerprint density at radius 2 is 2.05 bits per heavy atom. The largest absolute Gasteiger partial charge is 0.372 e. The van der Waals surface area contributed by atoms with E-state index in [1.165, 1.54) is 17.8 Å². The first-order valence-corrected chi connectivity index (χ1v) is 5.98. The molecule has 2 aromatic heterocycles. The van der Waals surface area contributed by atoms with E-state index >= 15 is 0 Å². The molecule has 0 bridgehead atoms. The Bertz CT molecular complexity index is 759. The van der Waals surface area contributed by atoms with Crippen molar-refractivity contribution in [1.29, 1.82) is 0 Å². The summed E-state index contributed by atoms with van der Waals surface area (Å²) >= 11 is 0. The van der Waals surface area contributed by atoms with Crippen molar-refractivity contribution in [2.75, 3.05) is 12.4 Å². The first-order chi connectivity index (χ1) is 9.56. The van der Waals surface area contributed by atoms with E-state index in [9.17, 15) is 9.59 Å². The van der Waals surface area contributed by atoms with Gasteiger partial charge in [-0.1, -0.05) is 6.07 Å². The highest BCUT2D eigenvalue weighted by atomic mass is 16.2. The monoisotopic (exact) mass is 273 g/mol. The Hall–Kier alpha value is -2.70.